The molecule has 6 rings (SSSR count). The lowest BCUT2D eigenvalue weighted by molar-refractivity contribution is -0.155. The van der Waals surface area contributed by atoms with Crippen LogP contribution < -0.4 is 9.47 Å². The Balaban J connectivity index is 1.60. The highest BCUT2D eigenvalue weighted by molar-refractivity contribution is 5.90. The highest BCUT2D eigenvalue weighted by Gasteiger charge is 2.73. The van der Waals surface area contributed by atoms with Gasteiger partial charge in [0.15, 0.2) is 17.1 Å². The van der Waals surface area contributed by atoms with Crippen molar-refractivity contribution in [3.05, 3.63) is 65.5 Å². The summed E-state index contributed by atoms with van der Waals surface area (Å²) in [5, 5.41) is 11.0. The molecule has 2 bridgehead atoms. The minimum Gasteiger partial charge on any atom is -0.493 e. The first-order valence-electron chi connectivity index (χ1n) is 10.6. The fourth-order valence-electron chi connectivity index (χ4n) is 6.29. The molecule has 5 atom stereocenters. The highest BCUT2D eigenvalue weighted by Crippen LogP contribution is 2.65. The number of piperidine rings is 1. The van der Waals surface area contributed by atoms with E-state index in [9.17, 15) is 9.90 Å². The molecule has 31 heavy (non-hydrogen) atoms. The summed E-state index contributed by atoms with van der Waals surface area (Å²) in [6.07, 6.45) is 6.81. The number of rotatable bonds is 3. The van der Waals surface area contributed by atoms with Crippen molar-refractivity contribution in [2.24, 2.45) is 0 Å². The molecule has 2 aromatic rings. The van der Waals surface area contributed by atoms with Crippen LogP contribution in [0.4, 0.5) is 0 Å². The summed E-state index contributed by atoms with van der Waals surface area (Å²) in [6.45, 7) is 0.813. The van der Waals surface area contributed by atoms with Gasteiger partial charge in [-0.2, -0.15) is 0 Å². The third kappa shape index (κ3) is 2.20. The first kappa shape index (κ1) is 18.8. The summed E-state index contributed by atoms with van der Waals surface area (Å²) in [6, 6.07) is 7.35. The molecule has 2 aliphatic heterocycles. The molecule has 1 saturated heterocycles. The Morgan fingerprint density at radius 3 is 3.00 bits per heavy atom. The van der Waals surface area contributed by atoms with Crippen molar-refractivity contribution >= 4 is 5.97 Å². The van der Waals surface area contributed by atoms with Gasteiger partial charge in [0.05, 0.1) is 24.1 Å². The average Bonchev–Trinajstić information content (AvgIpc) is 3.15. The summed E-state index contributed by atoms with van der Waals surface area (Å²) in [5.41, 5.74) is 0.921. The van der Waals surface area contributed by atoms with E-state index < -0.39 is 29.2 Å². The number of likely N-dealkylation sites (N-methyl/N-ethyl adjacent to an activating group) is 1. The van der Waals surface area contributed by atoms with E-state index in [-0.39, 0.29) is 6.04 Å². The van der Waals surface area contributed by atoms with E-state index in [2.05, 4.69) is 23.0 Å². The number of carbonyl (C=O) groups is 1. The van der Waals surface area contributed by atoms with Gasteiger partial charge in [0, 0.05) is 18.0 Å². The monoisotopic (exact) mass is 420 g/mol. The molecule has 1 aromatic carbocycles. The SMILES string of the molecule is COc1ccc2c3c1O[C@H]1[C@@H](O)C=C[C@@]4(OC(=O)c5cccnc5)[C@@H](C2)N(C)CC[C@]314. The molecule has 2 aliphatic carbocycles. The molecular weight excluding hydrogens is 396 g/mol. The fraction of sp³-hybridized carbons (Fsp3) is 0.417. The number of nitrogens with zero attached hydrogens (tertiary/aromatic N) is 2. The molecule has 4 aliphatic rings. The van der Waals surface area contributed by atoms with Crippen LogP contribution >= 0.6 is 0 Å². The van der Waals surface area contributed by atoms with Crippen molar-refractivity contribution in [3.63, 3.8) is 0 Å². The molecule has 0 radical (unpaired) electrons. The van der Waals surface area contributed by atoms with Crippen molar-refractivity contribution in [2.45, 2.75) is 42.1 Å². The van der Waals surface area contributed by atoms with Crippen molar-refractivity contribution < 1.29 is 24.1 Å². The minimum atomic E-state index is -0.971. The number of esters is 1. The molecule has 160 valence electrons. The van der Waals surface area contributed by atoms with E-state index >= 15 is 0 Å². The van der Waals surface area contributed by atoms with Gasteiger partial charge in [-0.3, -0.25) is 9.88 Å². The van der Waals surface area contributed by atoms with Crippen LogP contribution in [0.2, 0.25) is 0 Å². The lowest BCUT2D eigenvalue weighted by Crippen LogP contribution is -2.76. The van der Waals surface area contributed by atoms with Crippen LogP contribution in [0.5, 0.6) is 11.5 Å². The smallest absolute Gasteiger partial charge is 0.340 e. The van der Waals surface area contributed by atoms with Crippen LogP contribution in [-0.4, -0.2) is 65.5 Å². The molecule has 1 aromatic heterocycles. The molecule has 1 N–H and O–H groups in total. The molecular formula is C24H24N2O5. The van der Waals surface area contributed by atoms with Crippen LogP contribution in [0.15, 0.2) is 48.8 Å². The quantitative estimate of drug-likeness (QED) is 0.600. The molecule has 1 spiro atoms. The van der Waals surface area contributed by atoms with Crippen LogP contribution in [0, 0.1) is 0 Å². The zero-order valence-corrected chi connectivity index (χ0v) is 17.4. The van der Waals surface area contributed by atoms with Crippen molar-refractivity contribution in [2.75, 3.05) is 20.7 Å². The normalized spacial score (nSPS) is 34.6. The van der Waals surface area contributed by atoms with Gasteiger partial charge >= 0.3 is 5.97 Å². The summed E-state index contributed by atoms with van der Waals surface area (Å²) >= 11 is 0. The Bertz CT molecular complexity index is 1100. The van der Waals surface area contributed by atoms with E-state index in [0.29, 0.717) is 29.9 Å². The number of benzene rings is 1. The maximum absolute atomic E-state index is 13.3. The van der Waals surface area contributed by atoms with Crippen LogP contribution in [-0.2, 0) is 16.6 Å². The maximum atomic E-state index is 13.3. The third-order valence-corrected chi connectivity index (χ3v) is 7.61. The molecule has 0 saturated carbocycles. The van der Waals surface area contributed by atoms with E-state index in [0.717, 1.165) is 17.7 Å². The summed E-state index contributed by atoms with van der Waals surface area (Å²) in [7, 11) is 3.68. The van der Waals surface area contributed by atoms with Gasteiger partial charge in [-0.05, 0) is 56.3 Å². The zero-order valence-electron chi connectivity index (χ0n) is 17.4. The predicted octanol–water partition coefficient (Wildman–Crippen LogP) is 1.88. The van der Waals surface area contributed by atoms with Gasteiger partial charge in [-0.1, -0.05) is 12.1 Å². The largest absolute Gasteiger partial charge is 0.493 e. The standard InChI is InChI=1S/C24H24N2O5/c1-26-11-9-23-19-14-5-6-17(29-2)20(19)30-21(23)16(27)7-8-24(23,18(26)12-14)31-22(28)15-4-3-10-25-13-15/h3-8,10,13,16,18,21,27H,9,11-12H2,1-2H3/t16-,18+,21-,23-,24+/m0/s1. The Hall–Kier alpha value is -2.90. The number of carbonyl (C=O) groups excluding carboxylic acids is 1. The van der Waals surface area contributed by atoms with Gasteiger partial charge in [0.1, 0.15) is 12.2 Å². The van der Waals surface area contributed by atoms with Crippen molar-refractivity contribution in [3.8, 4) is 11.5 Å². The number of aromatic nitrogens is 1. The summed E-state index contributed by atoms with van der Waals surface area (Å²) in [5.74, 6) is 0.879. The summed E-state index contributed by atoms with van der Waals surface area (Å²) < 4.78 is 18.5. The molecule has 0 unspecified atom stereocenters. The molecule has 0 amide bonds. The number of aliphatic hydroxyl groups excluding tert-OH is 1. The second kappa shape index (κ2) is 6.31. The lowest BCUT2D eigenvalue weighted by Gasteiger charge is -2.62. The second-order valence-corrected chi connectivity index (χ2v) is 8.87. The minimum absolute atomic E-state index is 0.0800. The zero-order chi connectivity index (χ0) is 21.4. The molecule has 1 fully saturated rings. The van der Waals surface area contributed by atoms with Crippen LogP contribution in [0.3, 0.4) is 0 Å². The Kier molecular flexibility index (Phi) is 3.83. The Labute approximate surface area is 180 Å². The lowest BCUT2D eigenvalue weighted by atomic mass is 9.50. The van der Waals surface area contributed by atoms with Crippen molar-refractivity contribution in [1.29, 1.82) is 0 Å². The Morgan fingerprint density at radius 1 is 1.35 bits per heavy atom. The Morgan fingerprint density at radius 2 is 2.23 bits per heavy atom. The van der Waals surface area contributed by atoms with E-state index in [4.69, 9.17) is 14.2 Å². The van der Waals surface area contributed by atoms with Crippen molar-refractivity contribution in [1.82, 2.24) is 9.88 Å². The molecule has 7 nitrogen and oxygen atoms in total. The van der Waals surface area contributed by atoms with Crippen LogP contribution in [0.1, 0.15) is 27.9 Å². The highest BCUT2D eigenvalue weighted by atomic mass is 16.6. The van der Waals surface area contributed by atoms with Gasteiger partial charge in [-0.15, -0.1) is 0 Å². The predicted molar refractivity (Wildman–Crippen MR) is 111 cm³/mol. The number of aliphatic hydroxyl groups is 1. The number of hydrogen-bond donors (Lipinski definition) is 1. The van der Waals surface area contributed by atoms with E-state index in [1.807, 2.05) is 12.1 Å². The number of hydrogen-bond acceptors (Lipinski definition) is 7. The average molecular weight is 420 g/mol. The van der Waals surface area contributed by atoms with Gasteiger partial charge in [0.25, 0.3) is 0 Å². The van der Waals surface area contributed by atoms with Gasteiger partial charge in [-0.25, -0.2) is 4.79 Å². The van der Waals surface area contributed by atoms with Gasteiger partial charge < -0.3 is 19.3 Å². The number of likely N-dealkylation sites (tertiary alicyclic amines) is 1. The molecule has 7 heteroatoms. The third-order valence-electron chi connectivity index (χ3n) is 7.61. The number of pyridine rings is 1. The fourth-order valence-corrected chi connectivity index (χ4v) is 6.29. The topological polar surface area (TPSA) is 81.1 Å². The first-order chi connectivity index (χ1) is 15.0. The maximum Gasteiger partial charge on any atom is 0.340 e. The second-order valence-electron chi connectivity index (χ2n) is 8.87. The van der Waals surface area contributed by atoms with Gasteiger partial charge in [0.2, 0.25) is 0 Å². The van der Waals surface area contributed by atoms with E-state index in [1.165, 1.54) is 6.20 Å². The van der Waals surface area contributed by atoms with E-state index in [1.54, 1.807) is 31.5 Å². The summed E-state index contributed by atoms with van der Waals surface area (Å²) in [4.78, 5) is 19.6. The number of methoxy groups -OCH3 is 1. The van der Waals surface area contributed by atoms with Crippen LogP contribution in [0.25, 0.3) is 0 Å². The molecule has 3 heterocycles. The number of ether oxygens (including phenoxy) is 3. The first-order valence-corrected chi connectivity index (χ1v) is 10.6.